The lowest BCUT2D eigenvalue weighted by Gasteiger charge is -2.23. The molecule has 1 aromatic rings. The van der Waals surface area contributed by atoms with Gasteiger partial charge in [0.15, 0.2) is 0 Å². The van der Waals surface area contributed by atoms with Gasteiger partial charge in [-0.2, -0.15) is 9.97 Å². The maximum absolute atomic E-state index is 5.46. The van der Waals surface area contributed by atoms with Gasteiger partial charge in [-0.3, -0.25) is 0 Å². The quantitative estimate of drug-likeness (QED) is 0.788. The summed E-state index contributed by atoms with van der Waals surface area (Å²) in [6.07, 6.45) is 0. The standard InChI is InChI=1S/C14H24N2O/c1-8-17-12-15-10(13(2,3)4)9-11(16-12)14(5,6)7/h9H,8H2,1-7H3. The van der Waals surface area contributed by atoms with E-state index in [1.54, 1.807) is 0 Å². The van der Waals surface area contributed by atoms with Crippen molar-refractivity contribution in [1.29, 1.82) is 0 Å². The van der Waals surface area contributed by atoms with Crippen molar-refractivity contribution < 1.29 is 4.74 Å². The largest absolute Gasteiger partial charge is 0.464 e. The minimum absolute atomic E-state index is 0.00872. The second-order valence-corrected chi connectivity index (χ2v) is 6.35. The summed E-state index contributed by atoms with van der Waals surface area (Å²) in [5.41, 5.74) is 2.07. The van der Waals surface area contributed by atoms with Crippen molar-refractivity contribution in [1.82, 2.24) is 9.97 Å². The van der Waals surface area contributed by atoms with Crippen molar-refractivity contribution in [2.75, 3.05) is 6.61 Å². The lowest BCUT2D eigenvalue weighted by Crippen LogP contribution is -2.20. The summed E-state index contributed by atoms with van der Waals surface area (Å²) in [4.78, 5) is 8.95. The van der Waals surface area contributed by atoms with Crippen molar-refractivity contribution in [3.05, 3.63) is 17.5 Å². The van der Waals surface area contributed by atoms with Crippen molar-refractivity contribution in [2.24, 2.45) is 0 Å². The Morgan fingerprint density at radius 1 is 0.941 bits per heavy atom. The molecule has 0 atom stereocenters. The molecule has 0 saturated carbocycles. The zero-order valence-electron chi connectivity index (χ0n) is 12.1. The Kier molecular flexibility index (Phi) is 3.80. The minimum atomic E-state index is 0.00872. The number of hydrogen-bond donors (Lipinski definition) is 0. The van der Waals surface area contributed by atoms with Gasteiger partial charge in [-0.25, -0.2) is 0 Å². The van der Waals surface area contributed by atoms with Crippen molar-refractivity contribution in [2.45, 2.75) is 59.3 Å². The predicted molar refractivity (Wildman–Crippen MR) is 70.6 cm³/mol. The number of nitrogens with zero attached hydrogens (tertiary/aromatic N) is 2. The summed E-state index contributed by atoms with van der Waals surface area (Å²) in [7, 11) is 0. The van der Waals surface area contributed by atoms with Gasteiger partial charge in [0.1, 0.15) is 0 Å². The lowest BCUT2D eigenvalue weighted by atomic mass is 9.87. The summed E-state index contributed by atoms with van der Waals surface area (Å²) >= 11 is 0. The van der Waals surface area contributed by atoms with Crippen molar-refractivity contribution in [3.8, 4) is 6.01 Å². The highest BCUT2D eigenvalue weighted by Gasteiger charge is 2.23. The number of hydrogen-bond acceptors (Lipinski definition) is 3. The predicted octanol–water partition coefficient (Wildman–Crippen LogP) is 3.47. The van der Waals surface area contributed by atoms with Gasteiger partial charge in [0.25, 0.3) is 0 Å². The molecule has 0 bridgehead atoms. The smallest absolute Gasteiger partial charge is 0.316 e. The molecule has 96 valence electrons. The van der Waals surface area contributed by atoms with Crippen molar-refractivity contribution >= 4 is 0 Å². The van der Waals surface area contributed by atoms with Crippen LogP contribution >= 0.6 is 0 Å². The second kappa shape index (κ2) is 4.63. The van der Waals surface area contributed by atoms with E-state index in [4.69, 9.17) is 4.74 Å². The Morgan fingerprint density at radius 2 is 1.35 bits per heavy atom. The Labute approximate surface area is 105 Å². The molecule has 0 aromatic carbocycles. The highest BCUT2D eigenvalue weighted by atomic mass is 16.5. The molecule has 0 N–H and O–H groups in total. The number of ether oxygens (including phenoxy) is 1. The van der Waals surface area contributed by atoms with Crippen LogP contribution in [-0.4, -0.2) is 16.6 Å². The van der Waals surface area contributed by atoms with E-state index < -0.39 is 0 Å². The highest BCUT2D eigenvalue weighted by Crippen LogP contribution is 2.27. The molecular weight excluding hydrogens is 212 g/mol. The van der Waals surface area contributed by atoms with Crippen LogP contribution in [0.25, 0.3) is 0 Å². The Hall–Kier alpha value is -1.12. The summed E-state index contributed by atoms with van der Waals surface area (Å²) in [5, 5.41) is 0. The summed E-state index contributed by atoms with van der Waals surface area (Å²) in [6, 6.07) is 2.58. The molecule has 1 rings (SSSR count). The first kappa shape index (κ1) is 13.9. The fourth-order valence-corrected chi connectivity index (χ4v) is 1.39. The van der Waals surface area contributed by atoms with Crippen molar-refractivity contribution in [3.63, 3.8) is 0 Å². The third-order valence-corrected chi connectivity index (χ3v) is 2.52. The Balaban J connectivity index is 3.29. The molecule has 17 heavy (non-hydrogen) atoms. The third-order valence-electron chi connectivity index (χ3n) is 2.52. The molecule has 0 aliphatic heterocycles. The number of aromatic nitrogens is 2. The van der Waals surface area contributed by atoms with Gasteiger partial charge in [-0.1, -0.05) is 41.5 Å². The fourth-order valence-electron chi connectivity index (χ4n) is 1.39. The van der Waals surface area contributed by atoms with E-state index in [1.165, 1.54) is 0 Å². The van der Waals surface area contributed by atoms with Crippen LogP contribution in [-0.2, 0) is 10.8 Å². The van der Waals surface area contributed by atoms with Gasteiger partial charge in [0.2, 0.25) is 0 Å². The van der Waals surface area contributed by atoms with Crippen LogP contribution in [0.1, 0.15) is 59.9 Å². The van der Waals surface area contributed by atoms with Gasteiger partial charge in [-0.15, -0.1) is 0 Å². The Morgan fingerprint density at radius 3 is 1.65 bits per heavy atom. The van der Waals surface area contributed by atoms with E-state index in [1.807, 2.05) is 6.92 Å². The molecule has 0 saturated heterocycles. The van der Waals surface area contributed by atoms with Crippen LogP contribution in [0.2, 0.25) is 0 Å². The number of rotatable bonds is 2. The first-order chi connectivity index (χ1) is 7.64. The van der Waals surface area contributed by atoms with Crippen LogP contribution in [0.15, 0.2) is 6.07 Å². The maximum Gasteiger partial charge on any atom is 0.316 e. The summed E-state index contributed by atoms with van der Waals surface area (Å²) in [6.45, 7) is 15.4. The van der Waals surface area contributed by atoms with E-state index in [9.17, 15) is 0 Å². The minimum Gasteiger partial charge on any atom is -0.464 e. The molecule has 3 heteroatoms. The lowest BCUT2D eigenvalue weighted by molar-refractivity contribution is 0.305. The Bertz CT molecular complexity index is 354. The monoisotopic (exact) mass is 236 g/mol. The molecule has 1 aromatic heterocycles. The van der Waals surface area contributed by atoms with Crippen LogP contribution < -0.4 is 4.74 Å². The molecular formula is C14H24N2O. The SMILES string of the molecule is CCOc1nc(C(C)(C)C)cc(C(C)(C)C)n1. The first-order valence-corrected chi connectivity index (χ1v) is 6.17. The van der Waals surface area contributed by atoms with Crippen LogP contribution in [0, 0.1) is 0 Å². The molecule has 0 radical (unpaired) electrons. The maximum atomic E-state index is 5.46. The highest BCUT2D eigenvalue weighted by molar-refractivity contribution is 5.24. The molecule has 0 unspecified atom stereocenters. The molecule has 1 heterocycles. The third kappa shape index (κ3) is 3.69. The molecule has 0 fully saturated rings. The summed E-state index contributed by atoms with van der Waals surface area (Å²) in [5.74, 6) is 0. The van der Waals surface area contributed by atoms with E-state index in [0.29, 0.717) is 12.6 Å². The van der Waals surface area contributed by atoms with E-state index in [-0.39, 0.29) is 10.8 Å². The van der Waals surface area contributed by atoms with E-state index in [0.717, 1.165) is 11.4 Å². The van der Waals surface area contributed by atoms with E-state index >= 15 is 0 Å². The average Bonchev–Trinajstić information content (AvgIpc) is 2.15. The van der Waals surface area contributed by atoms with Gasteiger partial charge < -0.3 is 4.74 Å². The summed E-state index contributed by atoms with van der Waals surface area (Å²) < 4.78 is 5.46. The molecule has 0 aliphatic rings. The first-order valence-electron chi connectivity index (χ1n) is 6.17. The van der Waals surface area contributed by atoms with E-state index in [2.05, 4.69) is 57.6 Å². The molecule has 0 spiro atoms. The van der Waals surface area contributed by atoms with Crippen LogP contribution in [0.4, 0.5) is 0 Å². The average molecular weight is 236 g/mol. The van der Waals surface area contributed by atoms with Gasteiger partial charge >= 0.3 is 6.01 Å². The van der Waals surface area contributed by atoms with Gasteiger partial charge in [0.05, 0.1) is 18.0 Å². The van der Waals surface area contributed by atoms with Crippen LogP contribution in [0.3, 0.4) is 0 Å². The topological polar surface area (TPSA) is 35.0 Å². The van der Waals surface area contributed by atoms with Gasteiger partial charge in [0, 0.05) is 10.8 Å². The van der Waals surface area contributed by atoms with Gasteiger partial charge in [-0.05, 0) is 13.0 Å². The van der Waals surface area contributed by atoms with Crippen LogP contribution in [0.5, 0.6) is 6.01 Å². The molecule has 0 amide bonds. The molecule has 0 aliphatic carbocycles. The zero-order valence-corrected chi connectivity index (χ0v) is 12.1. The molecule has 3 nitrogen and oxygen atoms in total. The second-order valence-electron chi connectivity index (χ2n) is 6.35. The zero-order chi connectivity index (χ0) is 13.3. The normalized spacial score (nSPS) is 12.6. The fraction of sp³-hybridized carbons (Fsp3) is 0.714.